The zero-order chi connectivity index (χ0) is 26.9. The number of aromatic nitrogens is 3. The lowest BCUT2D eigenvalue weighted by molar-refractivity contribution is -0.155. The number of ether oxygens (including phenoxy) is 1. The molecule has 4 aromatic rings. The van der Waals surface area contributed by atoms with Crippen molar-refractivity contribution < 1.29 is 14.3 Å². The van der Waals surface area contributed by atoms with Crippen LogP contribution in [0.3, 0.4) is 0 Å². The molecule has 0 unspecified atom stereocenters. The van der Waals surface area contributed by atoms with E-state index in [9.17, 15) is 9.59 Å². The van der Waals surface area contributed by atoms with Crippen molar-refractivity contribution in [3.8, 4) is 11.3 Å². The van der Waals surface area contributed by atoms with E-state index in [-0.39, 0.29) is 24.2 Å². The van der Waals surface area contributed by atoms with E-state index in [0.717, 1.165) is 35.0 Å². The molecule has 1 aliphatic heterocycles. The molecule has 0 spiro atoms. The van der Waals surface area contributed by atoms with Gasteiger partial charge in [-0.1, -0.05) is 42.5 Å². The van der Waals surface area contributed by atoms with Gasteiger partial charge < -0.3 is 14.5 Å². The van der Waals surface area contributed by atoms with Crippen LogP contribution in [0.1, 0.15) is 39.2 Å². The van der Waals surface area contributed by atoms with Crippen LogP contribution in [0.5, 0.6) is 0 Å². The summed E-state index contributed by atoms with van der Waals surface area (Å²) in [5, 5.41) is 4.85. The second kappa shape index (κ2) is 10.3. The number of carbonyl (C=O) groups is 2. The van der Waals surface area contributed by atoms with Crippen LogP contribution in [-0.4, -0.2) is 45.7 Å². The summed E-state index contributed by atoms with van der Waals surface area (Å²) in [5.74, 6) is 0.553. The van der Waals surface area contributed by atoms with E-state index in [1.807, 2.05) is 93.1 Å². The van der Waals surface area contributed by atoms with Gasteiger partial charge in [0.15, 0.2) is 5.65 Å². The van der Waals surface area contributed by atoms with Crippen molar-refractivity contribution in [2.24, 2.45) is 5.92 Å². The average Bonchev–Trinajstić information content (AvgIpc) is 3.46. The second-order valence-corrected chi connectivity index (χ2v) is 10.9. The molecular weight excluding hydrogens is 478 g/mol. The van der Waals surface area contributed by atoms with E-state index >= 15 is 0 Å². The summed E-state index contributed by atoms with van der Waals surface area (Å²) in [6, 6.07) is 22.1. The molecule has 196 valence electrons. The largest absolute Gasteiger partial charge is 0.460 e. The van der Waals surface area contributed by atoms with E-state index in [2.05, 4.69) is 22.0 Å². The minimum absolute atomic E-state index is 0.0221. The first-order chi connectivity index (χ1) is 18.2. The maximum Gasteiger partial charge on any atom is 0.306 e. The topological polar surface area (TPSA) is 80.0 Å². The molecule has 8 heteroatoms. The molecule has 1 amide bonds. The van der Waals surface area contributed by atoms with E-state index in [4.69, 9.17) is 9.84 Å². The summed E-state index contributed by atoms with van der Waals surface area (Å²) in [6.07, 6.45) is 2.40. The molecule has 0 N–H and O–H groups in total. The Hall–Kier alpha value is -4.20. The van der Waals surface area contributed by atoms with Gasteiger partial charge in [-0.05, 0) is 56.5 Å². The Balaban J connectivity index is 1.30. The Bertz CT molecular complexity index is 1440. The van der Waals surface area contributed by atoms with Gasteiger partial charge in [0.2, 0.25) is 5.91 Å². The number of benzene rings is 2. The molecule has 0 radical (unpaired) electrons. The van der Waals surface area contributed by atoms with E-state index < -0.39 is 5.60 Å². The number of amides is 1. The number of rotatable bonds is 7. The van der Waals surface area contributed by atoms with E-state index in [0.29, 0.717) is 13.0 Å². The lowest BCUT2D eigenvalue weighted by Gasteiger charge is -2.21. The Morgan fingerprint density at radius 1 is 1.05 bits per heavy atom. The van der Waals surface area contributed by atoms with Gasteiger partial charge in [0.25, 0.3) is 0 Å². The van der Waals surface area contributed by atoms with Crippen LogP contribution in [0.15, 0.2) is 72.9 Å². The smallest absolute Gasteiger partial charge is 0.306 e. The van der Waals surface area contributed by atoms with Crippen LogP contribution in [0, 0.1) is 5.92 Å². The molecule has 8 nitrogen and oxygen atoms in total. The predicted octanol–water partition coefficient (Wildman–Crippen LogP) is 5.12. The van der Waals surface area contributed by atoms with Crippen molar-refractivity contribution in [2.75, 3.05) is 23.4 Å². The minimum atomic E-state index is -0.528. The normalized spacial score (nSPS) is 15.7. The number of hydrogen-bond donors (Lipinski definition) is 0. The lowest BCUT2D eigenvalue weighted by Crippen LogP contribution is -2.27. The summed E-state index contributed by atoms with van der Waals surface area (Å²) < 4.78 is 7.29. The number of carbonyl (C=O) groups excluding carboxylic acids is 2. The van der Waals surface area contributed by atoms with Gasteiger partial charge in [0, 0.05) is 37.8 Å². The van der Waals surface area contributed by atoms with Gasteiger partial charge >= 0.3 is 5.97 Å². The van der Waals surface area contributed by atoms with Crippen molar-refractivity contribution in [1.29, 1.82) is 0 Å². The van der Waals surface area contributed by atoms with Crippen molar-refractivity contribution in [2.45, 2.75) is 45.8 Å². The maximum atomic E-state index is 12.7. The van der Waals surface area contributed by atoms with E-state index in [1.165, 1.54) is 5.56 Å². The first-order valence-electron chi connectivity index (χ1n) is 12.9. The van der Waals surface area contributed by atoms with Crippen LogP contribution in [-0.2, 0) is 20.9 Å². The molecule has 3 heterocycles. The maximum absolute atomic E-state index is 12.7. The molecule has 1 aliphatic rings. The molecule has 1 fully saturated rings. The zero-order valence-corrected chi connectivity index (χ0v) is 22.3. The quantitative estimate of drug-likeness (QED) is 0.321. The van der Waals surface area contributed by atoms with Gasteiger partial charge in [-0.2, -0.15) is 0 Å². The van der Waals surface area contributed by atoms with Crippen LogP contribution in [0.25, 0.3) is 16.9 Å². The highest BCUT2D eigenvalue weighted by molar-refractivity contribution is 5.96. The fraction of sp³-hybridized carbons (Fsp3) is 0.333. The Labute approximate surface area is 222 Å². The van der Waals surface area contributed by atoms with Gasteiger partial charge in [0.05, 0.1) is 18.3 Å². The Morgan fingerprint density at radius 3 is 2.50 bits per heavy atom. The SMILES string of the molecule is CN(Cc1ccccc1)c1ccc2ncc(-c3ccc(N4C[C@@H](CC(=O)OC(C)(C)C)CC4=O)cc3)n2n1. The third-order valence-electron chi connectivity index (χ3n) is 6.56. The van der Waals surface area contributed by atoms with Crippen LogP contribution >= 0.6 is 0 Å². The number of hydrogen-bond acceptors (Lipinski definition) is 6. The molecule has 1 atom stereocenters. The Morgan fingerprint density at radius 2 is 1.79 bits per heavy atom. The second-order valence-electron chi connectivity index (χ2n) is 10.9. The molecule has 0 aliphatic carbocycles. The molecule has 2 aromatic heterocycles. The lowest BCUT2D eigenvalue weighted by atomic mass is 10.0. The molecule has 5 rings (SSSR count). The highest BCUT2D eigenvalue weighted by atomic mass is 16.6. The van der Waals surface area contributed by atoms with Crippen LogP contribution in [0.2, 0.25) is 0 Å². The van der Waals surface area contributed by atoms with Gasteiger partial charge in [-0.25, -0.2) is 9.50 Å². The third-order valence-corrected chi connectivity index (χ3v) is 6.56. The summed E-state index contributed by atoms with van der Waals surface area (Å²) in [4.78, 5) is 33.3. The summed E-state index contributed by atoms with van der Waals surface area (Å²) in [6.45, 7) is 6.80. The molecule has 2 aromatic carbocycles. The van der Waals surface area contributed by atoms with Crippen molar-refractivity contribution in [1.82, 2.24) is 14.6 Å². The van der Waals surface area contributed by atoms with E-state index in [1.54, 1.807) is 4.90 Å². The molecule has 0 saturated carbocycles. The summed E-state index contributed by atoms with van der Waals surface area (Å²) in [5.41, 5.74) is 4.09. The van der Waals surface area contributed by atoms with Gasteiger partial charge in [-0.3, -0.25) is 9.59 Å². The highest BCUT2D eigenvalue weighted by Crippen LogP contribution is 2.30. The van der Waals surface area contributed by atoms with Gasteiger partial charge in [0.1, 0.15) is 11.4 Å². The summed E-state index contributed by atoms with van der Waals surface area (Å²) in [7, 11) is 2.02. The standard InChI is InChI=1S/C30H33N5O3/c1-30(2,3)38-29(37)17-22-16-28(36)34(20-22)24-12-10-23(11-13-24)25-18-31-26-14-15-27(32-35(25)26)33(4)19-21-8-6-5-7-9-21/h5-15,18,22H,16-17,19-20H2,1-4H3/t22-/m1/s1. The number of imidazole rings is 1. The summed E-state index contributed by atoms with van der Waals surface area (Å²) >= 11 is 0. The molecule has 0 bridgehead atoms. The number of anilines is 2. The van der Waals surface area contributed by atoms with Crippen LogP contribution in [0.4, 0.5) is 11.5 Å². The predicted molar refractivity (Wildman–Crippen MR) is 148 cm³/mol. The van der Waals surface area contributed by atoms with Gasteiger partial charge in [-0.15, -0.1) is 5.10 Å². The fourth-order valence-corrected chi connectivity index (χ4v) is 4.80. The average molecular weight is 512 g/mol. The van der Waals surface area contributed by atoms with Crippen molar-refractivity contribution in [3.05, 3.63) is 78.5 Å². The highest BCUT2D eigenvalue weighted by Gasteiger charge is 2.33. The fourth-order valence-electron chi connectivity index (χ4n) is 4.80. The number of esters is 1. The van der Waals surface area contributed by atoms with Crippen LogP contribution < -0.4 is 9.80 Å². The third kappa shape index (κ3) is 5.69. The minimum Gasteiger partial charge on any atom is -0.460 e. The Kier molecular flexibility index (Phi) is 6.89. The molecule has 38 heavy (non-hydrogen) atoms. The number of fused-ring (bicyclic) bond motifs is 1. The number of nitrogens with zero attached hydrogens (tertiary/aromatic N) is 5. The van der Waals surface area contributed by atoms with Crippen molar-refractivity contribution in [3.63, 3.8) is 0 Å². The van der Waals surface area contributed by atoms with Crippen molar-refractivity contribution >= 4 is 29.0 Å². The molecular formula is C30H33N5O3. The zero-order valence-electron chi connectivity index (χ0n) is 22.3. The monoisotopic (exact) mass is 511 g/mol. The first kappa shape index (κ1) is 25.4. The first-order valence-corrected chi connectivity index (χ1v) is 12.9. The molecule has 1 saturated heterocycles.